The molecule has 0 aromatic carbocycles. The number of rotatable bonds is 1. The predicted molar refractivity (Wildman–Crippen MR) is 35.4 cm³/mol. The van der Waals surface area contributed by atoms with Crippen LogP contribution in [0.4, 0.5) is 0 Å². The third kappa shape index (κ3) is 1.48. The average molecular weight is 144 g/mol. The largest absolute Gasteiger partial charge is 0.460 e. The number of aliphatic hydroxyl groups is 1. The second kappa shape index (κ2) is 3.01. The van der Waals surface area contributed by atoms with E-state index in [4.69, 9.17) is 9.84 Å². The van der Waals surface area contributed by atoms with Crippen LogP contribution in [0.15, 0.2) is 0 Å². The molecule has 3 nitrogen and oxygen atoms in total. The van der Waals surface area contributed by atoms with Gasteiger partial charge in [-0.2, -0.15) is 0 Å². The Bertz CT molecular complexity index is 133. The first-order valence-electron chi connectivity index (χ1n) is 3.55. The topological polar surface area (TPSA) is 46.5 Å². The SMILES string of the molecule is CC1CCC(CO)OC1=O. The van der Waals surface area contributed by atoms with Crippen LogP contribution in [0.3, 0.4) is 0 Å². The fourth-order valence-corrected chi connectivity index (χ4v) is 1.02. The molecule has 58 valence electrons. The van der Waals surface area contributed by atoms with E-state index in [1.54, 1.807) is 0 Å². The minimum Gasteiger partial charge on any atom is -0.460 e. The Kier molecular flexibility index (Phi) is 2.27. The van der Waals surface area contributed by atoms with Crippen molar-refractivity contribution in [3.05, 3.63) is 0 Å². The van der Waals surface area contributed by atoms with E-state index < -0.39 is 0 Å². The average Bonchev–Trinajstić information content (AvgIpc) is 1.95. The maximum atomic E-state index is 10.8. The van der Waals surface area contributed by atoms with Crippen molar-refractivity contribution in [3.8, 4) is 0 Å². The summed E-state index contributed by atoms with van der Waals surface area (Å²) in [6.07, 6.45) is 1.39. The second-order valence-corrected chi connectivity index (χ2v) is 2.72. The lowest BCUT2D eigenvalue weighted by Gasteiger charge is -2.24. The quantitative estimate of drug-likeness (QED) is 0.539. The highest BCUT2D eigenvalue weighted by Gasteiger charge is 2.25. The molecule has 3 heteroatoms. The van der Waals surface area contributed by atoms with Crippen LogP contribution < -0.4 is 0 Å². The summed E-state index contributed by atoms with van der Waals surface area (Å²) in [5, 5.41) is 8.62. The van der Waals surface area contributed by atoms with Gasteiger partial charge in [-0.25, -0.2) is 0 Å². The Hall–Kier alpha value is -0.570. The summed E-state index contributed by atoms with van der Waals surface area (Å²) in [4.78, 5) is 10.8. The van der Waals surface area contributed by atoms with Crippen LogP contribution in [-0.4, -0.2) is 23.8 Å². The van der Waals surface area contributed by atoms with Crippen LogP contribution in [0, 0.1) is 5.92 Å². The molecule has 0 aromatic rings. The summed E-state index contributed by atoms with van der Waals surface area (Å²) in [5.41, 5.74) is 0. The lowest BCUT2D eigenvalue weighted by Crippen LogP contribution is -2.31. The maximum absolute atomic E-state index is 10.8. The molecule has 0 amide bonds. The van der Waals surface area contributed by atoms with E-state index in [1.165, 1.54) is 0 Å². The first-order valence-corrected chi connectivity index (χ1v) is 3.55. The Morgan fingerprint density at radius 2 is 2.40 bits per heavy atom. The van der Waals surface area contributed by atoms with Crippen LogP contribution in [-0.2, 0) is 9.53 Å². The van der Waals surface area contributed by atoms with E-state index in [0.717, 1.165) is 12.8 Å². The first kappa shape index (κ1) is 7.54. The zero-order valence-corrected chi connectivity index (χ0v) is 6.04. The third-order valence-electron chi connectivity index (χ3n) is 1.81. The molecule has 0 radical (unpaired) electrons. The Labute approximate surface area is 60.0 Å². The summed E-state index contributed by atoms with van der Waals surface area (Å²) < 4.78 is 4.86. The predicted octanol–water partition coefficient (Wildman–Crippen LogP) is 0.320. The minimum absolute atomic E-state index is 0.0165. The monoisotopic (exact) mass is 144 g/mol. The van der Waals surface area contributed by atoms with Gasteiger partial charge in [0.1, 0.15) is 6.10 Å². The molecule has 1 aliphatic heterocycles. The minimum atomic E-state index is -0.247. The van der Waals surface area contributed by atoms with E-state index in [2.05, 4.69) is 0 Å². The van der Waals surface area contributed by atoms with Gasteiger partial charge in [-0.1, -0.05) is 6.92 Å². The van der Waals surface area contributed by atoms with Crippen LogP contribution >= 0.6 is 0 Å². The van der Waals surface area contributed by atoms with Crippen LogP contribution in [0.5, 0.6) is 0 Å². The molecule has 1 fully saturated rings. The van der Waals surface area contributed by atoms with Crippen molar-refractivity contribution in [1.82, 2.24) is 0 Å². The standard InChI is InChI=1S/C7H12O3/c1-5-2-3-6(4-8)10-7(5)9/h5-6,8H,2-4H2,1H3. The summed E-state index contributed by atoms with van der Waals surface area (Å²) in [6.45, 7) is 1.80. The van der Waals surface area contributed by atoms with Gasteiger partial charge in [0.25, 0.3) is 0 Å². The highest BCUT2D eigenvalue weighted by atomic mass is 16.6. The number of carbonyl (C=O) groups excluding carboxylic acids is 1. The molecule has 2 unspecified atom stereocenters. The van der Waals surface area contributed by atoms with E-state index >= 15 is 0 Å². The molecule has 0 aliphatic carbocycles. The van der Waals surface area contributed by atoms with Gasteiger partial charge in [0.15, 0.2) is 0 Å². The molecule has 1 rings (SSSR count). The smallest absolute Gasteiger partial charge is 0.309 e. The van der Waals surface area contributed by atoms with Gasteiger partial charge in [0.2, 0.25) is 0 Å². The van der Waals surface area contributed by atoms with E-state index in [0.29, 0.717) is 0 Å². The molecule has 0 spiro atoms. The molecule has 10 heavy (non-hydrogen) atoms. The molecule has 1 saturated heterocycles. The van der Waals surface area contributed by atoms with Gasteiger partial charge in [0, 0.05) is 0 Å². The maximum Gasteiger partial charge on any atom is 0.309 e. The molecule has 1 heterocycles. The van der Waals surface area contributed by atoms with Gasteiger partial charge >= 0.3 is 5.97 Å². The summed E-state index contributed by atoms with van der Waals surface area (Å²) in [6, 6.07) is 0. The summed E-state index contributed by atoms with van der Waals surface area (Å²) in [7, 11) is 0. The number of ether oxygens (including phenoxy) is 1. The number of cyclic esters (lactones) is 1. The molecule has 1 aliphatic rings. The van der Waals surface area contributed by atoms with Crippen molar-refractivity contribution >= 4 is 5.97 Å². The van der Waals surface area contributed by atoms with Crippen molar-refractivity contribution in [3.63, 3.8) is 0 Å². The highest BCUT2D eigenvalue weighted by molar-refractivity contribution is 5.72. The molecular formula is C7H12O3. The number of aliphatic hydroxyl groups excluding tert-OH is 1. The zero-order chi connectivity index (χ0) is 7.56. The van der Waals surface area contributed by atoms with Gasteiger partial charge in [0.05, 0.1) is 12.5 Å². The highest BCUT2D eigenvalue weighted by Crippen LogP contribution is 2.18. The van der Waals surface area contributed by atoms with Gasteiger partial charge in [-0.15, -0.1) is 0 Å². The normalized spacial score (nSPS) is 33.6. The van der Waals surface area contributed by atoms with Crippen molar-refractivity contribution in [2.24, 2.45) is 5.92 Å². The molecular weight excluding hydrogens is 132 g/mol. The number of hydrogen-bond acceptors (Lipinski definition) is 3. The summed E-state index contributed by atoms with van der Waals surface area (Å²) in [5.74, 6) is -0.159. The lowest BCUT2D eigenvalue weighted by atomic mass is 10.0. The fourth-order valence-electron chi connectivity index (χ4n) is 1.02. The molecule has 2 atom stereocenters. The molecule has 0 bridgehead atoms. The second-order valence-electron chi connectivity index (χ2n) is 2.72. The number of esters is 1. The summed E-state index contributed by atoms with van der Waals surface area (Å²) >= 11 is 0. The van der Waals surface area contributed by atoms with E-state index in [1.807, 2.05) is 6.92 Å². The van der Waals surface area contributed by atoms with Crippen LogP contribution in [0.25, 0.3) is 0 Å². The fraction of sp³-hybridized carbons (Fsp3) is 0.857. The van der Waals surface area contributed by atoms with Crippen LogP contribution in [0.1, 0.15) is 19.8 Å². The van der Waals surface area contributed by atoms with Crippen molar-refractivity contribution in [2.45, 2.75) is 25.9 Å². The Morgan fingerprint density at radius 3 is 2.90 bits per heavy atom. The van der Waals surface area contributed by atoms with Crippen molar-refractivity contribution in [2.75, 3.05) is 6.61 Å². The zero-order valence-electron chi connectivity index (χ0n) is 6.04. The van der Waals surface area contributed by atoms with E-state index in [-0.39, 0.29) is 24.6 Å². The molecule has 0 aromatic heterocycles. The number of hydrogen-bond donors (Lipinski definition) is 1. The molecule has 0 saturated carbocycles. The Balaban J connectivity index is 2.41. The van der Waals surface area contributed by atoms with Crippen molar-refractivity contribution < 1.29 is 14.6 Å². The third-order valence-corrected chi connectivity index (χ3v) is 1.81. The van der Waals surface area contributed by atoms with Gasteiger partial charge in [-0.3, -0.25) is 4.79 Å². The van der Waals surface area contributed by atoms with Gasteiger partial charge in [-0.05, 0) is 12.8 Å². The lowest BCUT2D eigenvalue weighted by molar-refractivity contribution is -0.161. The van der Waals surface area contributed by atoms with Gasteiger partial charge < -0.3 is 9.84 Å². The van der Waals surface area contributed by atoms with Crippen molar-refractivity contribution in [1.29, 1.82) is 0 Å². The first-order chi connectivity index (χ1) is 4.74. The van der Waals surface area contributed by atoms with E-state index in [9.17, 15) is 4.79 Å². The molecule has 1 N–H and O–H groups in total. The number of carbonyl (C=O) groups is 1. The van der Waals surface area contributed by atoms with Crippen LogP contribution in [0.2, 0.25) is 0 Å². The Morgan fingerprint density at radius 1 is 1.70 bits per heavy atom.